The van der Waals surface area contributed by atoms with Crippen molar-refractivity contribution in [2.75, 3.05) is 0 Å². The molecule has 0 amide bonds. The van der Waals surface area contributed by atoms with Crippen molar-refractivity contribution in [3.05, 3.63) is 83.4 Å². The molecule has 2 heterocycles. The predicted molar refractivity (Wildman–Crippen MR) is 117 cm³/mol. The number of hydrogen-bond donors (Lipinski definition) is 0. The van der Waals surface area contributed by atoms with E-state index >= 15 is 0 Å². The summed E-state index contributed by atoms with van der Waals surface area (Å²) in [5.74, 6) is 0.970. The van der Waals surface area contributed by atoms with Crippen LogP contribution in [0.5, 0.6) is 0 Å². The molecule has 0 aliphatic carbocycles. The Bertz CT molecular complexity index is 1160. The van der Waals surface area contributed by atoms with E-state index in [0.717, 1.165) is 17.0 Å². The Balaban J connectivity index is 1.76. The van der Waals surface area contributed by atoms with Gasteiger partial charge in [0.2, 0.25) is 0 Å². The fourth-order valence-electron chi connectivity index (χ4n) is 3.52. The van der Waals surface area contributed by atoms with Gasteiger partial charge in [-0.1, -0.05) is 59.3 Å². The molecule has 3 heteroatoms. The van der Waals surface area contributed by atoms with Gasteiger partial charge in [0.25, 0.3) is 0 Å². The van der Waals surface area contributed by atoms with Crippen LogP contribution in [-0.4, -0.2) is 4.98 Å². The largest absolute Gasteiger partial charge is 0.247 e. The number of thioether (sulfide) groups is 1. The number of para-hydroxylation sites is 1. The second kappa shape index (κ2) is 6.74. The van der Waals surface area contributed by atoms with Crippen molar-refractivity contribution >= 4 is 34.4 Å². The van der Waals surface area contributed by atoms with Crippen molar-refractivity contribution in [3.8, 4) is 11.3 Å². The van der Waals surface area contributed by atoms with Crippen molar-refractivity contribution < 1.29 is 0 Å². The molecule has 0 saturated heterocycles. The minimum Gasteiger partial charge on any atom is -0.247 e. The monoisotopic (exact) mass is 385 g/mol. The third kappa shape index (κ3) is 3.05. The summed E-state index contributed by atoms with van der Waals surface area (Å²) >= 11 is 3.79. The van der Waals surface area contributed by atoms with Crippen LogP contribution >= 0.6 is 23.5 Å². The first-order valence-electron chi connectivity index (χ1n) is 9.09. The lowest BCUT2D eigenvalue weighted by molar-refractivity contribution is 1.18. The average Bonchev–Trinajstić information content (AvgIpc) is 2.69. The Hall–Kier alpha value is -2.23. The molecule has 0 bridgehead atoms. The molecule has 0 spiro atoms. The molecule has 0 saturated carbocycles. The SMILES string of the molecule is Cc1ccc(Sc2c3c(nc4ccccc24)-c2cc(C)ccc2SC3)cc1. The Kier molecular flexibility index (Phi) is 4.22. The fraction of sp³-hybridized carbons (Fsp3) is 0.125. The van der Waals surface area contributed by atoms with Gasteiger partial charge in [-0.2, -0.15) is 0 Å². The first-order chi connectivity index (χ1) is 13.2. The molecular formula is C24H19NS2. The van der Waals surface area contributed by atoms with Gasteiger partial charge in [-0.25, -0.2) is 4.98 Å². The number of rotatable bonds is 2. The highest BCUT2D eigenvalue weighted by atomic mass is 32.2. The van der Waals surface area contributed by atoms with Gasteiger partial charge in [0.05, 0.1) is 11.2 Å². The van der Waals surface area contributed by atoms with Crippen molar-refractivity contribution in [3.63, 3.8) is 0 Å². The summed E-state index contributed by atoms with van der Waals surface area (Å²) in [6, 6.07) is 24.1. The quantitative estimate of drug-likeness (QED) is 0.360. The minimum atomic E-state index is 0.970. The maximum Gasteiger partial charge on any atom is 0.0772 e. The molecule has 27 heavy (non-hydrogen) atoms. The molecule has 4 aromatic rings. The highest BCUT2D eigenvalue weighted by molar-refractivity contribution is 8.00. The summed E-state index contributed by atoms with van der Waals surface area (Å²) in [5, 5.41) is 1.25. The molecule has 0 radical (unpaired) electrons. The minimum absolute atomic E-state index is 0.970. The van der Waals surface area contributed by atoms with Crippen LogP contribution in [0, 0.1) is 13.8 Å². The second-order valence-electron chi connectivity index (χ2n) is 6.99. The number of pyridine rings is 1. The lowest BCUT2D eigenvalue weighted by Crippen LogP contribution is -2.02. The van der Waals surface area contributed by atoms with Gasteiger partial charge in [0.1, 0.15) is 0 Å². The van der Waals surface area contributed by atoms with Gasteiger partial charge in [-0.05, 0) is 44.2 Å². The maximum atomic E-state index is 5.09. The van der Waals surface area contributed by atoms with E-state index in [4.69, 9.17) is 4.98 Å². The molecule has 1 aliphatic rings. The van der Waals surface area contributed by atoms with Gasteiger partial charge >= 0.3 is 0 Å². The van der Waals surface area contributed by atoms with Crippen molar-refractivity contribution in [1.82, 2.24) is 4.98 Å². The molecule has 1 aliphatic heterocycles. The van der Waals surface area contributed by atoms with Gasteiger partial charge in [-0.3, -0.25) is 0 Å². The smallest absolute Gasteiger partial charge is 0.0772 e. The average molecular weight is 386 g/mol. The zero-order valence-corrected chi connectivity index (χ0v) is 17.0. The molecule has 0 atom stereocenters. The number of aryl methyl sites for hydroxylation is 2. The molecule has 5 rings (SSSR count). The standard InChI is InChI=1S/C24H19NS2/c1-15-7-10-17(11-8-15)27-24-18-5-3-4-6-21(18)25-23-19-13-16(2)9-12-22(19)26-14-20(23)24/h3-13H,14H2,1-2H3. The van der Waals surface area contributed by atoms with E-state index in [2.05, 4.69) is 80.6 Å². The summed E-state index contributed by atoms with van der Waals surface area (Å²) in [7, 11) is 0. The third-order valence-electron chi connectivity index (χ3n) is 4.94. The van der Waals surface area contributed by atoms with Crippen LogP contribution in [0.25, 0.3) is 22.2 Å². The Morgan fingerprint density at radius 1 is 0.889 bits per heavy atom. The number of nitrogens with zero attached hydrogens (tertiary/aromatic N) is 1. The number of aromatic nitrogens is 1. The number of benzene rings is 3. The molecule has 1 nitrogen and oxygen atoms in total. The summed E-state index contributed by atoms with van der Waals surface area (Å²) in [5.41, 5.74) is 7.44. The predicted octanol–water partition coefficient (Wildman–Crippen LogP) is 7.28. The number of fused-ring (bicyclic) bond motifs is 4. The Morgan fingerprint density at radius 3 is 2.52 bits per heavy atom. The summed E-state index contributed by atoms with van der Waals surface area (Å²) in [4.78, 5) is 9.05. The van der Waals surface area contributed by atoms with Crippen LogP contribution < -0.4 is 0 Å². The normalized spacial score (nSPS) is 12.7. The first kappa shape index (κ1) is 16.9. The number of hydrogen-bond acceptors (Lipinski definition) is 3. The van der Waals surface area contributed by atoms with E-state index in [0.29, 0.717) is 0 Å². The van der Waals surface area contributed by atoms with E-state index in [1.807, 2.05) is 23.5 Å². The maximum absolute atomic E-state index is 5.09. The Morgan fingerprint density at radius 2 is 1.67 bits per heavy atom. The van der Waals surface area contributed by atoms with Crippen molar-refractivity contribution in [1.29, 1.82) is 0 Å². The van der Waals surface area contributed by atoms with E-state index in [9.17, 15) is 0 Å². The summed E-state index contributed by atoms with van der Waals surface area (Å²) in [6.45, 7) is 4.29. The van der Waals surface area contributed by atoms with Crippen LogP contribution in [-0.2, 0) is 5.75 Å². The van der Waals surface area contributed by atoms with Crippen LogP contribution in [0.3, 0.4) is 0 Å². The fourth-order valence-corrected chi connectivity index (χ4v) is 5.75. The van der Waals surface area contributed by atoms with Gasteiger partial charge in [0.15, 0.2) is 0 Å². The summed E-state index contributed by atoms with van der Waals surface area (Å²) < 4.78 is 0. The third-order valence-corrected chi connectivity index (χ3v) is 7.22. The van der Waals surface area contributed by atoms with E-state index < -0.39 is 0 Å². The van der Waals surface area contributed by atoms with Crippen molar-refractivity contribution in [2.45, 2.75) is 34.3 Å². The topological polar surface area (TPSA) is 12.9 Å². The molecule has 0 unspecified atom stereocenters. The highest BCUT2D eigenvalue weighted by Gasteiger charge is 2.23. The van der Waals surface area contributed by atoms with Gasteiger partial charge in [-0.15, -0.1) is 11.8 Å². The highest BCUT2D eigenvalue weighted by Crippen LogP contribution is 2.47. The van der Waals surface area contributed by atoms with Crippen LogP contribution in [0.15, 0.2) is 81.4 Å². The van der Waals surface area contributed by atoms with Crippen LogP contribution in [0.2, 0.25) is 0 Å². The first-order valence-corrected chi connectivity index (χ1v) is 10.9. The van der Waals surface area contributed by atoms with Gasteiger partial charge in [0, 0.05) is 37.0 Å². The molecule has 3 aromatic carbocycles. The Labute approximate surface area is 168 Å². The lowest BCUT2D eigenvalue weighted by Gasteiger charge is -2.23. The van der Waals surface area contributed by atoms with E-state index in [-0.39, 0.29) is 0 Å². The molecule has 0 fully saturated rings. The van der Waals surface area contributed by atoms with E-state index in [1.54, 1.807) is 0 Å². The zero-order chi connectivity index (χ0) is 18.4. The van der Waals surface area contributed by atoms with Crippen molar-refractivity contribution in [2.24, 2.45) is 0 Å². The van der Waals surface area contributed by atoms with E-state index in [1.165, 1.54) is 42.3 Å². The van der Waals surface area contributed by atoms with Crippen LogP contribution in [0.1, 0.15) is 16.7 Å². The zero-order valence-electron chi connectivity index (χ0n) is 15.3. The molecular weight excluding hydrogens is 366 g/mol. The second-order valence-corrected chi connectivity index (χ2v) is 9.09. The summed E-state index contributed by atoms with van der Waals surface area (Å²) in [6.07, 6.45) is 0. The van der Waals surface area contributed by atoms with Gasteiger partial charge < -0.3 is 0 Å². The molecule has 132 valence electrons. The lowest BCUT2D eigenvalue weighted by atomic mass is 10.0. The molecule has 1 aromatic heterocycles. The van der Waals surface area contributed by atoms with Crippen LogP contribution in [0.4, 0.5) is 0 Å². The molecule has 0 N–H and O–H groups in total.